The molecule has 0 aliphatic rings. The lowest BCUT2D eigenvalue weighted by Gasteiger charge is -2.11. The third-order valence-corrected chi connectivity index (χ3v) is 1.95. The van der Waals surface area contributed by atoms with Crippen LogP contribution in [0.4, 0.5) is 5.82 Å². The number of carboxylic acids is 1. The average Bonchev–Trinajstić information content (AvgIpc) is 2.16. The Kier molecular flexibility index (Phi) is 3.60. The molecule has 0 saturated carbocycles. The van der Waals surface area contributed by atoms with Crippen LogP contribution >= 0.6 is 0 Å². The lowest BCUT2D eigenvalue weighted by Crippen LogP contribution is -2.26. The minimum Gasteiger partial charge on any atom is -0.480 e. The van der Waals surface area contributed by atoms with Crippen molar-refractivity contribution in [1.82, 2.24) is 9.97 Å². The molecule has 5 heteroatoms. The number of carboxylic acid groups (broad SMARTS) is 1. The number of nitrogens with one attached hydrogen (secondary N) is 1. The first kappa shape index (κ1) is 11.4. The fraction of sp³-hybridized carbons (Fsp3) is 0.500. The van der Waals surface area contributed by atoms with Gasteiger partial charge in [0.15, 0.2) is 0 Å². The number of anilines is 1. The quantitative estimate of drug-likeness (QED) is 0.780. The van der Waals surface area contributed by atoms with Gasteiger partial charge in [0.2, 0.25) is 0 Å². The van der Waals surface area contributed by atoms with Crippen LogP contribution in [0.3, 0.4) is 0 Å². The molecule has 82 valence electrons. The second-order valence-corrected chi connectivity index (χ2v) is 3.37. The van der Waals surface area contributed by atoms with Crippen LogP contribution in [0.5, 0.6) is 0 Å². The molecule has 1 aromatic rings. The van der Waals surface area contributed by atoms with Gasteiger partial charge in [0, 0.05) is 18.2 Å². The molecule has 1 atom stereocenters. The normalized spacial score (nSPS) is 12.2. The summed E-state index contributed by atoms with van der Waals surface area (Å²) in [7, 11) is 0. The van der Waals surface area contributed by atoms with E-state index in [9.17, 15) is 4.79 Å². The van der Waals surface area contributed by atoms with Crippen molar-refractivity contribution in [1.29, 1.82) is 0 Å². The predicted molar refractivity (Wildman–Crippen MR) is 56.9 cm³/mol. The third-order valence-electron chi connectivity index (χ3n) is 1.95. The van der Waals surface area contributed by atoms with Gasteiger partial charge in [-0.3, -0.25) is 4.79 Å². The van der Waals surface area contributed by atoms with E-state index in [1.165, 1.54) is 0 Å². The molecule has 0 saturated heterocycles. The van der Waals surface area contributed by atoms with Crippen LogP contribution in [-0.4, -0.2) is 27.1 Å². The Balaban J connectivity index is 2.85. The topological polar surface area (TPSA) is 75.1 Å². The first-order chi connectivity index (χ1) is 7.02. The SMILES string of the molecule is CCc1nc(C)cc(N[C@@H](C)C(=O)O)n1. The lowest BCUT2D eigenvalue weighted by molar-refractivity contribution is -0.137. The summed E-state index contributed by atoms with van der Waals surface area (Å²) in [6, 6.07) is 1.09. The fourth-order valence-electron chi connectivity index (χ4n) is 1.15. The molecule has 0 bridgehead atoms. The van der Waals surface area contributed by atoms with Crippen molar-refractivity contribution in [3.8, 4) is 0 Å². The van der Waals surface area contributed by atoms with Gasteiger partial charge in [0.1, 0.15) is 17.7 Å². The number of rotatable bonds is 4. The number of carbonyl (C=O) groups is 1. The molecule has 5 nitrogen and oxygen atoms in total. The van der Waals surface area contributed by atoms with Gasteiger partial charge in [-0.1, -0.05) is 6.92 Å². The Hall–Kier alpha value is -1.65. The minimum atomic E-state index is -0.899. The largest absolute Gasteiger partial charge is 0.480 e. The average molecular weight is 209 g/mol. The van der Waals surface area contributed by atoms with E-state index in [1.807, 2.05) is 13.8 Å². The van der Waals surface area contributed by atoms with Crippen LogP contribution in [0.2, 0.25) is 0 Å². The summed E-state index contributed by atoms with van der Waals surface area (Å²) in [4.78, 5) is 19.0. The highest BCUT2D eigenvalue weighted by Gasteiger charge is 2.11. The van der Waals surface area contributed by atoms with E-state index in [0.29, 0.717) is 5.82 Å². The van der Waals surface area contributed by atoms with E-state index < -0.39 is 12.0 Å². The number of aryl methyl sites for hydroxylation is 2. The van der Waals surface area contributed by atoms with Crippen LogP contribution < -0.4 is 5.32 Å². The van der Waals surface area contributed by atoms with E-state index in [2.05, 4.69) is 15.3 Å². The molecule has 15 heavy (non-hydrogen) atoms. The predicted octanol–water partition coefficient (Wildman–Crippen LogP) is 1.23. The summed E-state index contributed by atoms with van der Waals surface area (Å²) >= 11 is 0. The van der Waals surface area contributed by atoms with E-state index in [-0.39, 0.29) is 0 Å². The molecule has 0 aromatic carbocycles. The molecule has 0 aliphatic heterocycles. The van der Waals surface area contributed by atoms with Crippen molar-refractivity contribution >= 4 is 11.8 Å². The summed E-state index contributed by atoms with van der Waals surface area (Å²) in [6.07, 6.45) is 0.734. The first-order valence-corrected chi connectivity index (χ1v) is 4.86. The van der Waals surface area contributed by atoms with Gasteiger partial charge in [-0.05, 0) is 13.8 Å². The molecule has 1 rings (SSSR count). The Bertz CT molecular complexity index is 366. The van der Waals surface area contributed by atoms with E-state index in [4.69, 9.17) is 5.11 Å². The Morgan fingerprint density at radius 2 is 2.27 bits per heavy atom. The highest BCUT2D eigenvalue weighted by Crippen LogP contribution is 2.08. The molecule has 1 heterocycles. The monoisotopic (exact) mass is 209 g/mol. The lowest BCUT2D eigenvalue weighted by atomic mass is 10.3. The zero-order valence-electron chi connectivity index (χ0n) is 9.11. The molecular weight excluding hydrogens is 194 g/mol. The summed E-state index contributed by atoms with van der Waals surface area (Å²) < 4.78 is 0. The van der Waals surface area contributed by atoms with Crippen LogP contribution in [0, 0.1) is 6.92 Å². The Labute approximate surface area is 88.6 Å². The number of aliphatic carboxylic acids is 1. The van der Waals surface area contributed by atoms with Crippen LogP contribution in [0.15, 0.2) is 6.07 Å². The van der Waals surface area contributed by atoms with Crippen molar-refractivity contribution in [2.45, 2.75) is 33.2 Å². The summed E-state index contributed by atoms with van der Waals surface area (Å²) in [5.41, 5.74) is 0.835. The van der Waals surface area contributed by atoms with Crippen molar-refractivity contribution in [2.24, 2.45) is 0 Å². The van der Waals surface area contributed by atoms with Crippen molar-refractivity contribution in [3.05, 3.63) is 17.6 Å². The second kappa shape index (κ2) is 4.72. The maximum atomic E-state index is 10.6. The maximum Gasteiger partial charge on any atom is 0.325 e. The van der Waals surface area contributed by atoms with Gasteiger partial charge < -0.3 is 10.4 Å². The summed E-state index contributed by atoms with van der Waals surface area (Å²) in [6.45, 7) is 5.39. The Morgan fingerprint density at radius 1 is 1.60 bits per heavy atom. The second-order valence-electron chi connectivity index (χ2n) is 3.37. The highest BCUT2D eigenvalue weighted by atomic mass is 16.4. The standard InChI is InChI=1S/C10H15N3O2/c1-4-8-11-6(2)5-9(13-8)12-7(3)10(14)15/h5,7H,4H2,1-3H3,(H,14,15)(H,11,12,13)/t7-/m0/s1. The minimum absolute atomic E-state index is 0.564. The van der Waals surface area contributed by atoms with Crippen molar-refractivity contribution < 1.29 is 9.90 Å². The zero-order valence-corrected chi connectivity index (χ0v) is 9.11. The number of hydrogen-bond acceptors (Lipinski definition) is 4. The van der Waals surface area contributed by atoms with Crippen molar-refractivity contribution in [2.75, 3.05) is 5.32 Å². The smallest absolute Gasteiger partial charge is 0.325 e. The number of hydrogen-bond donors (Lipinski definition) is 2. The molecule has 0 fully saturated rings. The van der Waals surface area contributed by atoms with Gasteiger partial charge in [-0.15, -0.1) is 0 Å². The van der Waals surface area contributed by atoms with Gasteiger partial charge in [0.25, 0.3) is 0 Å². The molecule has 0 aliphatic carbocycles. The first-order valence-electron chi connectivity index (χ1n) is 4.86. The summed E-state index contributed by atoms with van der Waals surface area (Å²) in [5.74, 6) is 0.383. The maximum absolute atomic E-state index is 10.6. The summed E-state index contributed by atoms with van der Waals surface area (Å²) in [5, 5.41) is 11.5. The van der Waals surface area contributed by atoms with E-state index in [0.717, 1.165) is 17.9 Å². The molecule has 1 aromatic heterocycles. The molecule has 0 unspecified atom stereocenters. The molecule has 2 N–H and O–H groups in total. The fourth-order valence-corrected chi connectivity index (χ4v) is 1.15. The van der Waals surface area contributed by atoms with Crippen LogP contribution in [-0.2, 0) is 11.2 Å². The molecule has 0 amide bonds. The van der Waals surface area contributed by atoms with E-state index >= 15 is 0 Å². The van der Waals surface area contributed by atoms with Crippen LogP contribution in [0.25, 0.3) is 0 Å². The zero-order chi connectivity index (χ0) is 11.4. The molecular formula is C10H15N3O2. The molecule has 0 radical (unpaired) electrons. The van der Waals surface area contributed by atoms with Crippen LogP contribution in [0.1, 0.15) is 25.4 Å². The van der Waals surface area contributed by atoms with Gasteiger partial charge in [0.05, 0.1) is 0 Å². The van der Waals surface area contributed by atoms with Gasteiger partial charge >= 0.3 is 5.97 Å². The molecule has 0 spiro atoms. The Morgan fingerprint density at radius 3 is 2.80 bits per heavy atom. The van der Waals surface area contributed by atoms with Crippen molar-refractivity contribution in [3.63, 3.8) is 0 Å². The van der Waals surface area contributed by atoms with Gasteiger partial charge in [-0.2, -0.15) is 0 Å². The van der Waals surface area contributed by atoms with Gasteiger partial charge in [-0.25, -0.2) is 9.97 Å². The number of nitrogens with zero attached hydrogens (tertiary/aromatic N) is 2. The third kappa shape index (κ3) is 3.19. The highest BCUT2D eigenvalue weighted by molar-refractivity contribution is 5.76. The number of aromatic nitrogens is 2. The van der Waals surface area contributed by atoms with E-state index in [1.54, 1.807) is 13.0 Å².